The van der Waals surface area contributed by atoms with Gasteiger partial charge in [-0.05, 0) is 44.1 Å². The summed E-state index contributed by atoms with van der Waals surface area (Å²) in [5.41, 5.74) is 0.160. The third-order valence-corrected chi connectivity index (χ3v) is 4.15. The molecule has 0 aromatic carbocycles. The van der Waals surface area contributed by atoms with Crippen LogP contribution in [-0.2, 0) is 4.74 Å². The van der Waals surface area contributed by atoms with Gasteiger partial charge in [-0.3, -0.25) is 0 Å². The maximum absolute atomic E-state index is 5.84. The highest BCUT2D eigenvalue weighted by atomic mass is 16.5. The molecule has 2 aliphatic carbocycles. The van der Waals surface area contributed by atoms with E-state index in [1.54, 1.807) is 0 Å². The first-order chi connectivity index (χ1) is 8.23. The molecule has 17 heavy (non-hydrogen) atoms. The van der Waals surface area contributed by atoms with Crippen LogP contribution in [0.3, 0.4) is 0 Å². The Balaban J connectivity index is 1.95. The van der Waals surface area contributed by atoms with E-state index in [4.69, 9.17) is 4.74 Å². The Bertz CT molecular complexity index is 318. The molecule has 0 saturated heterocycles. The highest BCUT2D eigenvalue weighted by molar-refractivity contribution is 5.23. The summed E-state index contributed by atoms with van der Waals surface area (Å²) in [7, 11) is 0. The van der Waals surface area contributed by atoms with Gasteiger partial charge in [0.15, 0.2) is 0 Å². The zero-order valence-electron chi connectivity index (χ0n) is 11.1. The molecule has 0 aliphatic heterocycles. The SMILES string of the molecule is CC(C)C1(C=COC2CCCC2)C=CC=CC1. The molecule has 1 fully saturated rings. The quantitative estimate of drug-likeness (QED) is 0.643. The van der Waals surface area contributed by atoms with Crippen LogP contribution in [0.4, 0.5) is 0 Å². The van der Waals surface area contributed by atoms with E-state index in [9.17, 15) is 0 Å². The summed E-state index contributed by atoms with van der Waals surface area (Å²) in [6.45, 7) is 4.56. The summed E-state index contributed by atoms with van der Waals surface area (Å²) in [6.07, 6.45) is 19.7. The van der Waals surface area contributed by atoms with E-state index < -0.39 is 0 Å². The summed E-state index contributed by atoms with van der Waals surface area (Å²) in [4.78, 5) is 0. The molecular weight excluding hydrogens is 208 g/mol. The second-order valence-electron chi connectivity index (χ2n) is 5.60. The number of hydrogen-bond donors (Lipinski definition) is 0. The largest absolute Gasteiger partial charge is 0.498 e. The molecule has 0 bridgehead atoms. The van der Waals surface area contributed by atoms with E-state index in [-0.39, 0.29) is 5.41 Å². The van der Waals surface area contributed by atoms with Gasteiger partial charge in [-0.25, -0.2) is 0 Å². The van der Waals surface area contributed by atoms with E-state index >= 15 is 0 Å². The van der Waals surface area contributed by atoms with Gasteiger partial charge in [-0.1, -0.05) is 38.2 Å². The van der Waals surface area contributed by atoms with Crippen molar-refractivity contribution in [2.24, 2.45) is 11.3 Å². The minimum Gasteiger partial charge on any atom is -0.498 e. The fourth-order valence-electron chi connectivity index (χ4n) is 2.70. The van der Waals surface area contributed by atoms with Crippen LogP contribution in [0, 0.1) is 11.3 Å². The van der Waals surface area contributed by atoms with Crippen molar-refractivity contribution in [1.82, 2.24) is 0 Å². The number of rotatable bonds is 4. The normalized spacial score (nSPS) is 29.6. The van der Waals surface area contributed by atoms with E-state index in [1.165, 1.54) is 25.7 Å². The zero-order chi connectivity index (χ0) is 12.1. The van der Waals surface area contributed by atoms with Crippen LogP contribution in [0.15, 0.2) is 36.6 Å². The van der Waals surface area contributed by atoms with Crippen LogP contribution in [0.25, 0.3) is 0 Å². The summed E-state index contributed by atoms with van der Waals surface area (Å²) in [6, 6.07) is 0. The molecule has 1 nitrogen and oxygen atoms in total. The maximum Gasteiger partial charge on any atom is 0.0978 e. The van der Waals surface area contributed by atoms with Crippen molar-refractivity contribution in [3.63, 3.8) is 0 Å². The van der Waals surface area contributed by atoms with Crippen molar-refractivity contribution in [3.05, 3.63) is 36.6 Å². The minimum atomic E-state index is 0.160. The van der Waals surface area contributed by atoms with Crippen LogP contribution in [0.1, 0.15) is 46.0 Å². The van der Waals surface area contributed by atoms with Gasteiger partial charge in [-0.2, -0.15) is 0 Å². The Labute approximate surface area is 105 Å². The summed E-state index contributed by atoms with van der Waals surface area (Å²) in [5.74, 6) is 0.604. The molecular formula is C16H24O. The van der Waals surface area contributed by atoms with Crippen LogP contribution >= 0.6 is 0 Å². The minimum absolute atomic E-state index is 0.160. The lowest BCUT2D eigenvalue weighted by Gasteiger charge is -2.32. The standard InChI is InChI=1S/C16H24O/c1-14(2)16(10-6-3-7-11-16)12-13-17-15-8-4-5-9-15/h3,6-7,10,12-15H,4-5,8-9,11H2,1-2H3. The van der Waals surface area contributed by atoms with Crippen LogP contribution < -0.4 is 0 Å². The summed E-state index contributed by atoms with van der Waals surface area (Å²) in [5, 5.41) is 0. The van der Waals surface area contributed by atoms with Gasteiger partial charge >= 0.3 is 0 Å². The third-order valence-electron chi connectivity index (χ3n) is 4.15. The lowest BCUT2D eigenvalue weighted by molar-refractivity contribution is 0.147. The fourth-order valence-corrected chi connectivity index (χ4v) is 2.70. The van der Waals surface area contributed by atoms with Gasteiger partial charge in [0.2, 0.25) is 0 Å². The molecule has 1 heteroatoms. The second-order valence-corrected chi connectivity index (χ2v) is 5.60. The van der Waals surface area contributed by atoms with Gasteiger partial charge in [0.05, 0.1) is 12.4 Å². The van der Waals surface area contributed by atoms with Gasteiger partial charge in [0.25, 0.3) is 0 Å². The Morgan fingerprint density at radius 3 is 2.59 bits per heavy atom. The molecule has 0 radical (unpaired) electrons. The topological polar surface area (TPSA) is 9.23 Å². The number of hydrogen-bond acceptors (Lipinski definition) is 1. The predicted molar refractivity (Wildman–Crippen MR) is 72.6 cm³/mol. The van der Waals surface area contributed by atoms with E-state index in [0.29, 0.717) is 12.0 Å². The number of allylic oxidation sites excluding steroid dienone is 5. The third kappa shape index (κ3) is 3.02. The van der Waals surface area contributed by atoms with Crippen LogP contribution in [0.2, 0.25) is 0 Å². The second kappa shape index (κ2) is 5.57. The van der Waals surface area contributed by atoms with Gasteiger partial charge < -0.3 is 4.74 Å². The van der Waals surface area contributed by atoms with Crippen LogP contribution in [-0.4, -0.2) is 6.10 Å². The average molecular weight is 232 g/mol. The molecule has 0 aromatic rings. The Morgan fingerprint density at radius 1 is 1.24 bits per heavy atom. The van der Waals surface area contributed by atoms with E-state index in [2.05, 4.69) is 44.2 Å². The number of ether oxygens (including phenoxy) is 1. The van der Waals surface area contributed by atoms with E-state index in [0.717, 1.165) is 6.42 Å². The first kappa shape index (κ1) is 12.5. The smallest absolute Gasteiger partial charge is 0.0978 e. The molecule has 1 saturated carbocycles. The molecule has 94 valence electrons. The van der Waals surface area contributed by atoms with Crippen molar-refractivity contribution in [3.8, 4) is 0 Å². The molecule has 0 amide bonds. The highest BCUT2D eigenvalue weighted by Gasteiger charge is 2.28. The molecule has 0 N–H and O–H groups in total. The van der Waals surface area contributed by atoms with Crippen molar-refractivity contribution < 1.29 is 4.74 Å². The Kier molecular flexibility index (Phi) is 4.09. The Morgan fingerprint density at radius 2 is 2.00 bits per heavy atom. The van der Waals surface area contributed by atoms with Crippen LogP contribution in [0.5, 0.6) is 0 Å². The molecule has 1 atom stereocenters. The summed E-state index contributed by atoms with van der Waals surface area (Å²) >= 11 is 0. The predicted octanol–water partition coefficient (Wildman–Crippen LogP) is 4.62. The molecule has 1 unspecified atom stereocenters. The lowest BCUT2D eigenvalue weighted by Crippen LogP contribution is -2.23. The fraction of sp³-hybridized carbons (Fsp3) is 0.625. The zero-order valence-corrected chi connectivity index (χ0v) is 11.1. The highest BCUT2D eigenvalue weighted by Crippen LogP contribution is 2.37. The Hall–Kier alpha value is -0.980. The molecule has 0 spiro atoms. The van der Waals surface area contributed by atoms with Gasteiger partial charge in [0.1, 0.15) is 0 Å². The van der Waals surface area contributed by atoms with Crippen molar-refractivity contribution in [1.29, 1.82) is 0 Å². The van der Waals surface area contributed by atoms with Crippen molar-refractivity contribution in [2.75, 3.05) is 0 Å². The average Bonchev–Trinajstić information content (AvgIpc) is 2.83. The molecule has 0 aromatic heterocycles. The maximum atomic E-state index is 5.84. The molecule has 0 heterocycles. The molecule has 2 aliphatic rings. The van der Waals surface area contributed by atoms with Gasteiger partial charge in [0, 0.05) is 5.41 Å². The monoisotopic (exact) mass is 232 g/mol. The first-order valence-electron chi connectivity index (χ1n) is 6.90. The summed E-state index contributed by atoms with van der Waals surface area (Å²) < 4.78 is 5.84. The van der Waals surface area contributed by atoms with Crippen molar-refractivity contribution in [2.45, 2.75) is 52.1 Å². The first-order valence-corrected chi connectivity index (χ1v) is 6.90. The van der Waals surface area contributed by atoms with E-state index in [1.807, 2.05) is 6.26 Å². The lowest BCUT2D eigenvalue weighted by atomic mass is 9.73. The molecule has 2 rings (SSSR count). The van der Waals surface area contributed by atoms with Gasteiger partial charge in [-0.15, -0.1) is 0 Å². The van der Waals surface area contributed by atoms with Crippen molar-refractivity contribution >= 4 is 0 Å².